The summed E-state index contributed by atoms with van der Waals surface area (Å²) < 4.78 is 0. The van der Waals surface area contributed by atoms with E-state index in [9.17, 15) is 0 Å². The molecule has 0 N–H and O–H groups in total. The minimum atomic E-state index is 0.847. The van der Waals surface area contributed by atoms with Crippen LogP contribution >= 0.6 is 0 Å². The second-order valence-corrected chi connectivity index (χ2v) is 4.26. The van der Waals surface area contributed by atoms with Gasteiger partial charge in [-0.1, -0.05) is 20.8 Å². The standard InChI is InChI=1S/C9H16/c1-6-4-7(2)9(6)5-8(9)3/h6-8H,4-5H2,1-3H3. The Bertz CT molecular complexity index is 129. The number of hydrogen-bond donors (Lipinski definition) is 0. The van der Waals surface area contributed by atoms with Crippen molar-refractivity contribution in [1.29, 1.82) is 0 Å². The summed E-state index contributed by atoms with van der Waals surface area (Å²) in [6.07, 6.45) is 3.01. The molecular formula is C9H16. The normalized spacial score (nSPS) is 63.7. The second kappa shape index (κ2) is 1.36. The molecule has 0 heterocycles. The van der Waals surface area contributed by atoms with Crippen molar-refractivity contribution in [3.8, 4) is 0 Å². The summed E-state index contributed by atoms with van der Waals surface area (Å²) in [5, 5.41) is 0. The fraction of sp³-hybridized carbons (Fsp3) is 1.00. The maximum absolute atomic E-state index is 2.42. The van der Waals surface area contributed by atoms with E-state index in [1.165, 1.54) is 12.8 Å². The van der Waals surface area contributed by atoms with Crippen LogP contribution < -0.4 is 0 Å². The molecule has 2 aliphatic rings. The van der Waals surface area contributed by atoms with Gasteiger partial charge in [-0.05, 0) is 36.0 Å². The lowest BCUT2D eigenvalue weighted by molar-refractivity contribution is 0.0593. The zero-order chi connectivity index (χ0) is 6.65. The number of rotatable bonds is 0. The maximum Gasteiger partial charge on any atom is -0.0217 e. The first kappa shape index (κ1) is 5.76. The highest BCUT2D eigenvalue weighted by Crippen LogP contribution is 2.71. The molecular weight excluding hydrogens is 108 g/mol. The molecule has 0 radical (unpaired) electrons. The monoisotopic (exact) mass is 124 g/mol. The molecule has 9 heavy (non-hydrogen) atoms. The van der Waals surface area contributed by atoms with E-state index >= 15 is 0 Å². The molecule has 0 amide bonds. The highest BCUT2D eigenvalue weighted by atomic mass is 14.7. The first-order valence-corrected chi connectivity index (χ1v) is 4.18. The first-order chi connectivity index (χ1) is 4.18. The van der Waals surface area contributed by atoms with Crippen LogP contribution in [0.4, 0.5) is 0 Å². The van der Waals surface area contributed by atoms with Crippen molar-refractivity contribution in [1.82, 2.24) is 0 Å². The van der Waals surface area contributed by atoms with E-state index in [1.807, 2.05) is 0 Å². The molecule has 2 rings (SSSR count). The van der Waals surface area contributed by atoms with Crippen LogP contribution in [0.3, 0.4) is 0 Å². The summed E-state index contributed by atoms with van der Waals surface area (Å²) in [6.45, 7) is 7.25. The largest absolute Gasteiger partial charge is 0.0619 e. The highest BCUT2D eigenvalue weighted by molar-refractivity contribution is 5.12. The van der Waals surface area contributed by atoms with Crippen LogP contribution in [-0.4, -0.2) is 0 Å². The smallest absolute Gasteiger partial charge is 0.0217 e. The molecule has 52 valence electrons. The molecule has 0 nitrogen and oxygen atoms in total. The minimum Gasteiger partial charge on any atom is -0.0619 e. The summed E-state index contributed by atoms with van der Waals surface area (Å²) in [5.41, 5.74) is 0.847. The molecule has 0 aromatic rings. The van der Waals surface area contributed by atoms with Crippen molar-refractivity contribution >= 4 is 0 Å². The average Bonchev–Trinajstić information content (AvgIpc) is 2.46. The van der Waals surface area contributed by atoms with Crippen molar-refractivity contribution < 1.29 is 0 Å². The van der Waals surface area contributed by atoms with Gasteiger partial charge < -0.3 is 0 Å². The van der Waals surface area contributed by atoms with Crippen LogP contribution in [0.5, 0.6) is 0 Å². The molecule has 3 unspecified atom stereocenters. The lowest BCUT2D eigenvalue weighted by atomic mass is 9.62. The predicted molar refractivity (Wildman–Crippen MR) is 39.2 cm³/mol. The van der Waals surface area contributed by atoms with Crippen molar-refractivity contribution in [2.24, 2.45) is 23.2 Å². The SMILES string of the molecule is CC1CC(C)C12CC2C. The minimum absolute atomic E-state index is 0.847. The zero-order valence-corrected chi connectivity index (χ0v) is 6.65. The fourth-order valence-electron chi connectivity index (χ4n) is 3.14. The van der Waals surface area contributed by atoms with Crippen LogP contribution in [0.2, 0.25) is 0 Å². The third-order valence-electron chi connectivity index (χ3n) is 3.96. The Morgan fingerprint density at radius 3 is 1.56 bits per heavy atom. The van der Waals surface area contributed by atoms with Crippen LogP contribution in [0.1, 0.15) is 33.6 Å². The third kappa shape index (κ3) is 0.461. The van der Waals surface area contributed by atoms with Crippen molar-refractivity contribution in [3.05, 3.63) is 0 Å². The molecule has 2 fully saturated rings. The predicted octanol–water partition coefficient (Wildman–Crippen LogP) is 2.69. The lowest BCUT2D eigenvalue weighted by Gasteiger charge is -2.43. The molecule has 0 aliphatic heterocycles. The molecule has 2 aliphatic carbocycles. The van der Waals surface area contributed by atoms with Gasteiger partial charge in [0.1, 0.15) is 0 Å². The summed E-state index contributed by atoms with van der Waals surface area (Å²) in [7, 11) is 0. The number of hydrogen-bond acceptors (Lipinski definition) is 0. The summed E-state index contributed by atoms with van der Waals surface area (Å²) in [5.74, 6) is 3.14. The summed E-state index contributed by atoms with van der Waals surface area (Å²) in [4.78, 5) is 0. The van der Waals surface area contributed by atoms with Crippen LogP contribution in [-0.2, 0) is 0 Å². The Morgan fingerprint density at radius 2 is 1.44 bits per heavy atom. The van der Waals surface area contributed by atoms with Gasteiger partial charge in [-0.3, -0.25) is 0 Å². The Hall–Kier alpha value is 0. The van der Waals surface area contributed by atoms with E-state index in [4.69, 9.17) is 0 Å². The van der Waals surface area contributed by atoms with Gasteiger partial charge in [-0.2, -0.15) is 0 Å². The van der Waals surface area contributed by atoms with Gasteiger partial charge in [-0.15, -0.1) is 0 Å². The van der Waals surface area contributed by atoms with E-state index in [2.05, 4.69) is 20.8 Å². The van der Waals surface area contributed by atoms with Crippen LogP contribution in [0.15, 0.2) is 0 Å². The van der Waals surface area contributed by atoms with E-state index < -0.39 is 0 Å². The highest BCUT2D eigenvalue weighted by Gasteiger charge is 2.63. The topological polar surface area (TPSA) is 0 Å². The molecule has 0 bridgehead atoms. The molecule has 0 aromatic heterocycles. The maximum atomic E-state index is 2.42. The molecule has 0 saturated heterocycles. The lowest BCUT2D eigenvalue weighted by Crippen LogP contribution is -2.36. The first-order valence-electron chi connectivity index (χ1n) is 4.18. The fourth-order valence-corrected chi connectivity index (χ4v) is 3.14. The van der Waals surface area contributed by atoms with E-state index in [1.54, 1.807) is 0 Å². The molecule has 2 saturated carbocycles. The molecule has 0 aromatic carbocycles. The molecule has 1 spiro atoms. The Morgan fingerprint density at radius 1 is 1.00 bits per heavy atom. The van der Waals surface area contributed by atoms with E-state index in [-0.39, 0.29) is 0 Å². The van der Waals surface area contributed by atoms with E-state index in [0.29, 0.717) is 0 Å². The Labute approximate surface area is 57.6 Å². The molecule has 3 atom stereocenters. The van der Waals surface area contributed by atoms with Gasteiger partial charge in [0.05, 0.1) is 0 Å². The summed E-state index contributed by atoms with van der Waals surface area (Å²) in [6, 6.07) is 0. The van der Waals surface area contributed by atoms with Gasteiger partial charge in [-0.25, -0.2) is 0 Å². The van der Waals surface area contributed by atoms with Gasteiger partial charge in [0, 0.05) is 0 Å². The van der Waals surface area contributed by atoms with Crippen molar-refractivity contribution in [3.63, 3.8) is 0 Å². The zero-order valence-electron chi connectivity index (χ0n) is 6.65. The van der Waals surface area contributed by atoms with Crippen molar-refractivity contribution in [2.75, 3.05) is 0 Å². The van der Waals surface area contributed by atoms with Gasteiger partial charge in [0.25, 0.3) is 0 Å². The summed E-state index contributed by atoms with van der Waals surface area (Å²) >= 11 is 0. The third-order valence-corrected chi connectivity index (χ3v) is 3.96. The van der Waals surface area contributed by atoms with Gasteiger partial charge >= 0.3 is 0 Å². The quantitative estimate of drug-likeness (QED) is 0.465. The Balaban J connectivity index is 2.12. The molecule has 0 heteroatoms. The van der Waals surface area contributed by atoms with Gasteiger partial charge in [0.2, 0.25) is 0 Å². The van der Waals surface area contributed by atoms with Gasteiger partial charge in [0.15, 0.2) is 0 Å². The second-order valence-electron chi connectivity index (χ2n) is 4.26. The van der Waals surface area contributed by atoms with Crippen LogP contribution in [0.25, 0.3) is 0 Å². The van der Waals surface area contributed by atoms with Crippen molar-refractivity contribution in [2.45, 2.75) is 33.6 Å². The van der Waals surface area contributed by atoms with E-state index in [0.717, 1.165) is 23.2 Å². The van der Waals surface area contributed by atoms with Crippen LogP contribution in [0, 0.1) is 23.2 Å². The Kier molecular flexibility index (Phi) is 0.868. The average molecular weight is 124 g/mol.